The zero-order valence-electron chi connectivity index (χ0n) is 15.2. The molecule has 0 spiro atoms. The molecule has 26 heavy (non-hydrogen) atoms. The van der Waals surface area contributed by atoms with E-state index in [0.717, 1.165) is 24.1 Å². The highest BCUT2D eigenvalue weighted by Gasteiger charge is 2.20. The Morgan fingerprint density at radius 2 is 1.88 bits per heavy atom. The number of nitrogens with zero attached hydrogens (tertiary/aromatic N) is 2. The van der Waals surface area contributed by atoms with Gasteiger partial charge in [0.15, 0.2) is 5.11 Å². The molecule has 1 aromatic heterocycles. The van der Waals surface area contributed by atoms with Crippen LogP contribution in [0.3, 0.4) is 0 Å². The first-order valence-electron chi connectivity index (χ1n) is 8.99. The monoisotopic (exact) mass is 371 g/mol. The first kappa shape index (κ1) is 18.4. The van der Waals surface area contributed by atoms with Gasteiger partial charge >= 0.3 is 0 Å². The third-order valence-electron chi connectivity index (χ3n) is 4.76. The third kappa shape index (κ3) is 4.40. The van der Waals surface area contributed by atoms with Crippen molar-refractivity contribution in [1.82, 2.24) is 25.9 Å². The van der Waals surface area contributed by atoms with Crippen molar-refractivity contribution >= 4 is 23.2 Å². The Kier molecular flexibility index (Phi) is 5.88. The van der Waals surface area contributed by atoms with Crippen LogP contribution >= 0.6 is 12.2 Å². The molecular formula is C19H25N5OS. The second-order valence-electron chi connectivity index (χ2n) is 6.72. The average molecular weight is 372 g/mol. The lowest BCUT2D eigenvalue weighted by molar-refractivity contribution is 0.0942. The van der Waals surface area contributed by atoms with Gasteiger partial charge in [0, 0.05) is 11.7 Å². The Bertz CT molecular complexity index is 781. The summed E-state index contributed by atoms with van der Waals surface area (Å²) in [6.45, 7) is 4.39. The summed E-state index contributed by atoms with van der Waals surface area (Å²) in [5.41, 5.74) is 8.75. The van der Waals surface area contributed by atoms with Gasteiger partial charge in [-0.3, -0.25) is 20.3 Å². The molecule has 138 valence electrons. The minimum absolute atomic E-state index is 0.227. The molecule has 3 N–H and O–H groups in total. The van der Waals surface area contributed by atoms with E-state index in [-0.39, 0.29) is 5.91 Å². The lowest BCUT2D eigenvalue weighted by atomic mass is 10.2. The van der Waals surface area contributed by atoms with Crippen LogP contribution in [0.15, 0.2) is 30.3 Å². The predicted octanol–water partition coefficient (Wildman–Crippen LogP) is 2.60. The molecule has 1 aliphatic rings. The quantitative estimate of drug-likeness (QED) is 0.569. The van der Waals surface area contributed by atoms with Crippen LogP contribution in [-0.2, 0) is 6.54 Å². The zero-order chi connectivity index (χ0) is 18.5. The van der Waals surface area contributed by atoms with Gasteiger partial charge in [0.25, 0.3) is 5.91 Å². The number of aryl methyl sites for hydroxylation is 1. The number of amides is 1. The van der Waals surface area contributed by atoms with Gasteiger partial charge in [-0.15, -0.1) is 0 Å². The molecule has 0 bridgehead atoms. The number of carbonyl (C=O) groups excluding carboxylic acids is 1. The summed E-state index contributed by atoms with van der Waals surface area (Å²) in [7, 11) is 0. The molecule has 1 fully saturated rings. The van der Waals surface area contributed by atoms with Crippen molar-refractivity contribution in [1.29, 1.82) is 0 Å². The molecule has 1 saturated carbocycles. The first-order chi connectivity index (χ1) is 12.5. The minimum atomic E-state index is -0.227. The van der Waals surface area contributed by atoms with Crippen LogP contribution < -0.4 is 16.2 Å². The molecule has 1 amide bonds. The Labute approximate surface area is 159 Å². The van der Waals surface area contributed by atoms with Crippen molar-refractivity contribution in [3.63, 3.8) is 0 Å². The van der Waals surface area contributed by atoms with E-state index in [1.807, 2.05) is 48.9 Å². The Balaban J connectivity index is 1.61. The summed E-state index contributed by atoms with van der Waals surface area (Å²) in [5.74, 6) is -0.227. The van der Waals surface area contributed by atoms with Gasteiger partial charge in [0.2, 0.25) is 0 Å². The first-order valence-corrected chi connectivity index (χ1v) is 9.40. The van der Waals surface area contributed by atoms with Crippen LogP contribution in [0.1, 0.15) is 53.0 Å². The molecule has 6 nitrogen and oxygen atoms in total. The fourth-order valence-corrected chi connectivity index (χ4v) is 3.62. The van der Waals surface area contributed by atoms with Crippen molar-refractivity contribution in [2.24, 2.45) is 0 Å². The van der Waals surface area contributed by atoms with Crippen LogP contribution in [0.4, 0.5) is 0 Å². The van der Waals surface area contributed by atoms with Crippen molar-refractivity contribution < 1.29 is 4.79 Å². The summed E-state index contributed by atoms with van der Waals surface area (Å²) < 4.78 is 1.86. The standard InChI is InChI=1S/C19H25N5OS/c1-13-17(14(2)24(23-13)12-15-8-4-3-5-9-15)18(25)21-22-19(26)20-16-10-6-7-11-16/h3-5,8-9,16H,6-7,10-12H2,1-2H3,(H,21,25)(H2,20,22,26). The second kappa shape index (κ2) is 8.31. The van der Waals surface area contributed by atoms with Crippen molar-refractivity contribution in [2.45, 2.75) is 52.1 Å². The van der Waals surface area contributed by atoms with E-state index in [1.54, 1.807) is 0 Å². The number of thiocarbonyl (C=S) groups is 1. The van der Waals surface area contributed by atoms with Crippen LogP contribution in [0.2, 0.25) is 0 Å². The van der Waals surface area contributed by atoms with Gasteiger partial charge in [-0.1, -0.05) is 43.2 Å². The van der Waals surface area contributed by atoms with Crippen molar-refractivity contribution in [2.75, 3.05) is 0 Å². The molecule has 0 radical (unpaired) electrons. The molecular weight excluding hydrogens is 346 g/mol. The number of aromatic nitrogens is 2. The summed E-state index contributed by atoms with van der Waals surface area (Å²) >= 11 is 5.26. The molecule has 1 heterocycles. The van der Waals surface area contributed by atoms with E-state index in [4.69, 9.17) is 12.2 Å². The molecule has 0 aliphatic heterocycles. The molecule has 0 atom stereocenters. The van der Waals surface area contributed by atoms with Gasteiger partial charge in [0.1, 0.15) is 0 Å². The number of hydrogen-bond donors (Lipinski definition) is 3. The minimum Gasteiger partial charge on any atom is -0.359 e. The number of benzene rings is 1. The summed E-state index contributed by atoms with van der Waals surface area (Å²) in [6.07, 6.45) is 4.71. The average Bonchev–Trinajstić information content (AvgIpc) is 3.22. The molecule has 2 aromatic rings. The molecule has 1 aromatic carbocycles. The largest absolute Gasteiger partial charge is 0.359 e. The lowest BCUT2D eigenvalue weighted by Crippen LogP contribution is -2.49. The number of hydrazine groups is 1. The molecule has 0 saturated heterocycles. The van der Waals surface area contributed by atoms with E-state index in [1.165, 1.54) is 12.8 Å². The van der Waals surface area contributed by atoms with Gasteiger partial charge in [-0.25, -0.2) is 0 Å². The molecule has 3 rings (SSSR count). The van der Waals surface area contributed by atoms with Crippen LogP contribution in [-0.4, -0.2) is 26.8 Å². The lowest BCUT2D eigenvalue weighted by Gasteiger charge is -2.16. The molecule has 7 heteroatoms. The highest BCUT2D eigenvalue weighted by Crippen LogP contribution is 2.17. The maximum absolute atomic E-state index is 12.6. The van der Waals surface area contributed by atoms with E-state index in [0.29, 0.717) is 29.0 Å². The summed E-state index contributed by atoms with van der Waals surface area (Å²) in [5, 5.41) is 8.21. The van der Waals surface area contributed by atoms with Gasteiger partial charge in [0.05, 0.1) is 17.8 Å². The highest BCUT2D eigenvalue weighted by molar-refractivity contribution is 7.80. The SMILES string of the molecule is Cc1nn(Cc2ccccc2)c(C)c1C(=O)NNC(=S)NC1CCCC1. The normalized spacial score (nSPS) is 14.2. The van der Waals surface area contributed by atoms with E-state index >= 15 is 0 Å². The van der Waals surface area contributed by atoms with Crippen LogP contribution in [0.5, 0.6) is 0 Å². The molecule has 0 unspecified atom stereocenters. The second-order valence-corrected chi connectivity index (χ2v) is 7.13. The van der Waals surface area contributed by atoms with Crippen LogP contribution in [0, 0.1) is 13.8 Å². The summed E-state index contributed by atoms with van der Waals surface area (Å²) in [4.78, 5) is 12.6. The zero-order valence-corrected chi connectivity index (χ0v) is 16.0. The number of nitrogens with one attached hydrogen (secondary N) is 3. The topological polar surface area (TPSA) is 71.0 Å². The number of hydrogen-bond acceptors (Lipinski definition) is 3. The van der Waals surface area contributed by atoms with Gasteiger partial charge < -0.3 is 5.32 Å². The Hall–Kier alpha value is -2.41. The summed E-state index contributed by atoms with van der Waals surface area (Å²) in [6, 6.07) is 10.5. The van der Waals surface area contributed by atoms with Crippen LogP contribution in [0.25, 0.3) is 0 Å². The highest BCUT2D eigenvalue weighted by atomic mass is 32.1. The fraction of sp³-hybridized carbons (Fsp3) is 0.421. The number of carbonyl (C=O) groups is 1. The maximum atomic E-state index is 12.6. The Morgan fingerprint density at radius 3 is 2.58 bits per heavy atom. The molecule has 1 aliphatic carbocycles. The van der Waals surface area contributed by atoms with Crippen molar-refractivity contribution in [3.8, 4) is 0 Å². The number of rotatable bonds is 4. The van der Waals surface area contributed by atoms with Crippen molar-refractivity contribution in [3.05, 3.63) is 52.8 Å². The van der Waals surface area contributed by atoms with Gasteiger partial charge in [-0.2, -0.15) is 5.10 Å². The Morgan fingerprint density at radius 1 is 1.19 bits per heavy atom. The van der Waals surface area contributed by atoms with E-state index < -0.39 is 0 Å². The third-order valence-corrected chi connectivity index (χ3v) is 4.98. The van der Waals surface area contributed by atoms with Gasteiger partial charge in [-0.05, 0) is 44.5 Å². The fourth-order valence-electron chi connectivity index (χ4n) is 3.40. The maximum Gasteiger partial charge on any atom is 0.273 e. The predicted molar refractivity (Wildman–Crippen MR) is 106 cm³/mol. The smallest absolute Gasteiger partial charge is 0.273 e. The van der Waals surface area contributed by atoms with E-state index in [9.17, 15) is 4.79 Å². The van der Waals surface area contributed by atoms with E-state index in [2.05, 4.69) is 21.3 Å².